The molecule has 2 atom stereocenters. The van der Waals surface area contributed by atoms with Crippen molar-refractivity contribution in [1.82, 2.24) is 9.97 Å². The average Bonchev–Trinajstić information content (AvgIpc) is 2.38. The summed E-state index contributed by atoms with van der Waals surface area (Å²) in [5.41, 5.74) is 5.80. The van der Waals surface area contributed by atoms with Crippen LogP contribution < -0.4 is 11.1 Å². The fourth-order valence-corrected chi connectivity index (χ4v) is 3.66. The summed E-state index contributed by atoms with van der Waals surface area (Å²) in [5.74, 6) is 1.39. The molecule has 1 aromatic heterocycles. The minimum atomic E-state index is 0.498. The van der Waals surface area contributed by atoms with Gasteiger partial charge in [0.15, 0.2) is 5.16 Å². The molecule has 1 aliphatic rings. The van der Waals surface area contributed by atoms with Gasteiger partial charge in [-0.05, 0) is 25.4 Å². The number of hydrogen-bond donors (Lipinski definition) is 2. The summed E-state index contributed by atoms with van der Waals surface area (Å²) < 4.78 is 0. The molecule has 2 rings (SSSR count). The first-order valence-corrected chi connectivity index (χ1v) is 8.72. The highest BCUT2D eigenvalue weighted by Gasteiger charge is 2.24. The van der Waals surface area contributed by atoms with E-state index < -0.39 is 0 Å². The van der Waals surface area contributed by atoms with Crippen molar-refractivity contribution < 1.29 is 0 Å². The molecule has 1 aromatic rings. The number of nitrogens with zero attached hydrogens (tertiary/aromatic N) is 2. The summed E-state index contributed by atoms with van der Waals surface area (Å²) in [6.45, 7) is 0. The summed E-state index contributed by atoms with van der Waals surface area (Å²) in [7, 11) is 0. The minimum absolute atomic E-state index is 0.498. The molecule has 0 aromatic carbocycles. The van der Waals surface area contributed by atoms with E-state index >= 15 is 0 Å². The Bertz CT molecular complexity index is 400. The zero-order valence-electron chi connectivity index (χ0n) is 10.8. The zero-order valence-corrected chi connectivity index (χ0v) is 12.5. The van der Waals surface area contributed by atoms with Crippen molar-refractivity contribution >= 4 is 35.2 Å². The molecular formula is C12H20N4S2. The molecule has 6 heteroatoms. The Morgan fingerprint density at radius 3 is 2.78 bits per heavy atom. The molecule has 0 amide bonds. The van der Waals surface area contributed by atoms with Gasteiger partial charge in [-0.2, -0.15) is 11.8 Å². The van der Waals surface area contributed by atoms with Gasteiger partial charge in [0.1, 0.15) is 11.6 Å². The van der Waals surface area contributed by atoms with Gasteiger partial charge in [0.2, 0.25) is 0 Å². The number of nitrogen functional groups attached to an aromatic ring is 1. The number of aromatic nitrogens is 2. The van der Waals surface area contributed by atoms with Gasteiger partial charge in [-0.15, -0.1) is 0 Å². The molecule has 0 aliphatic heterocycles. The molecule has 0 bridgehead atoms. The van der Waals surface area contributed by atoms with E-state index in [1.165, 1.54) is 37.4 Å². The Balaban J connectivity index is 2.09. The quantitative estimate of drug-likeness (QED) is 0.655. The topological polar surface area (TPSA) is 63.8 Å². The second kappa shape index (κ2) is 6.52. The molecule has 18 heavy (non-hydrogen) atoms. The Morgan fingerprint density at radius 1 is 1.28 bits per heavy atom. The number of nitrogens with one attached hydrogen (secondary N) is 1. The van der Waals surface area contributed by atoms with Crippen molar-refractivity contribution in [3.8, 4) is 0 Å². The maximum Gasteiger partial charge on any atom is 0.191 e. The van der Waals surface area contributed by atoms with Crippen LogP contribution in [0.4, 0.5) is 11.6 Å². The molecule has 0 radical (unpaired) electrons. The molecule has 2 unspecified atom stereocenters. The molecular weight excluding hydrogens is 264 g/mol. The second-order valence-corrected chi connectivity index (χ2v) is 6.32. The van der Waals surface area contributed by atoms with Crippen LogP contribution in [0.3, 0.4) is 0 Å². The van der Waals surface area contributed by atoms with E-state index in [4.69, 9.17) is 5.73 Å². The van der Waals surface area contributed by atoms with Crippen molar-refractivity contribution in [3.05, 3.63) is 6.07 Å². The number of nitrogens with two attached hydrogens (primary N) is 1. The van der Waals surface area contributed by atoms with E-state index in [-0.39, 0.29) is 0 Å². The SMILES string of the molecule is CSc1nc(N)cc(NC2CCCCC2SC)n1. The van der Waals surface area contributed by atoms with Crippen LogP contribution in [-0.2, 0) is 0 Å². The van der Waals surface area contributed by atoms with Gasteiger partial charge in [0.05, 0.1) is 0 Å². The largest absolute Gasteiger partial charge is 0.383 e. The molecule has 1 aliphatic carbocycles. The smallest absolute Gasteiger partial charge is 0.191 e. The maximum atomic E-state index is 5.80. The van der Waals surface area contributed by atoms with Crippen LogP contribution in [0.2, 0.25) is 0 Å². The number of thioether (sulfide) groups is 2. The second-order valence-electron chi connectivity index (χ2n) is 4.47. The van der Waals surface area contributed by atoms with Crippen LogP contribution in [0.5, 0.6) is 0 Å². The van der Waals surface area contributed by atoms with Gasteiger partial charge >= 0.3 is 0 Å². The van der Waals surface area contributed by atoms with Gasteiger partial charge in [0.25, 0.3) is 0 Å². The Labute approximate surface area is 117 Å². The Hall–Kier alpha value is -0.620. The molecule has 3 N–H and O–H groups in total. The molecule has 4 nitrogen and oxygen atoms in total. The lowest BCUT2D eigenvalue weighted by molar-refractivity contribution is 0.474. The Morgan fingerprint density at radius 2 is 2.06 bits per heavy atom. The van der Waals surface area contributed by atoms with Crippen molar-refractivity contribution in [2.24, 2.45) is 0 Å². The summed E-state index contributed by atoms with van der Waals surface area (Å²) in [6.07, 6.45) is 9.28. The zero-order chi connectivity index (χ0) is 13.0. The van der Waals surface area contributed by atoms with E-state index in [0.717, 1.165) is 11.0 Å². The third-order valence-electron chi connectivity index (χ3n) is 3.25. The average molecular weight is 284 g/mol. The van der Waals surface area contributed by atoms with E-state index in [0.29, 0.717) is 17.1 Å². The van der Waals surface area contributed by atoms with Crippen LogP contribution in [0.1, 0.15) is 25.7 Å². The fourth-order valence-electron chi connectivity index (χ4n) is 2.34. The first-order chi connectivity index (χ1) is 8.72. The predicted molar refractivity (Wildman–Crippen MR) is 81.4 cm³/mol. The van der Waals surface area contributed by atoms with E-state index in [1.807, 2.05) is 24.1 Å². The number of hydrogen-bond acceptors (Lipinski definition) is 6. The fraction of sp³-hybridized carbons (Fsp3) is 0.667. The van der Waals surface area contributed by atoms with E-state index in [1.54, 1.807) is 0 Å². The van der Waals surface area contributed by atoms with Crippen molar-refractivity contribution in [1.29, 1.82) is 0 Å². The van der Waals surface area contributed by atoms with Crippen LogP contribution in [0.25, 0.3) is 0 Å². The lowest BCUT2D eigenvalue weighted by atomic mass is 9.95. The molecule has 1 heterocycles. The van der Waals surface area contributed by atoms with Crippen molar-refractivity contribution in [3.63, 3.8) is 0 Å². The molecule has 1 fully saturated rings. The maximum absolute atomic E-state index is 5.80. The van der Waals surface area contributed by atoms with E-state index in [9.17, 15) is 0 Å². The van der Waals surface area contributed by atoms with Crippen molar-refractivity contribution in [2.75, 3.05) is 23.6 Å². The monoisotopic (exact) mass is 284 g/mol. The lowest BCUT2D eigenvalue weighted by Crippen LogP contribution is -2.34. The molecule has 1 saturated carbocycles. The summed E-state index contributed by atoms with van der Waals surface area (Å²) in [5, 5.41) is 4.94. The molecule has 0 saturated heterocycles. The third-order valence-corrected chi connectivity index (χ3v) is 4.96. The number of anilines is 2. The molecule has 100 valence electrons. The van der Waals surface area contributed by atoms with Crippen molar-refractivity contribution in [2.45, 2.75) is 42.1 Å². The highest BCUT2D eigenvalue weighted by atomic mass is 32.2. The lowest BCUT2D eigenvalue weighted by Gasteiger charge is -2.31. The number of rotatable bonds is 4. The van der Waals surface area contributed by atoms with Gasteiger partial charge < -0.3 is 11.1 Å². The van der Waals surface area contributed by atoms with Crippen LogP contribution in [0, 0.1) is 0 Å². The highest BCUT2D eigenvalue weighted by molar-refractivity contribution is 7.99. The summed E-state index contributed by atoms with van der Waals surface area (Å²) in [4.78, 5) is 8.64. The minimum Gasteiger partial charge on any atom is -0.383 e. The highest BCUT2D eigenvalue weighted by Crippen LogP contribution is 2.29. The first kappa shape index (κ1) is 13.8. The normalized spacial score (nSPS) is 23.9. The summed E-state index contributed by atoms with van der Waals surface area (Å²) >= 11 is 3.46. The molecule has 0 spiro atoms. The van der Waals surface area contributed by atoms with Crippen LogP contribution in [0.15, 0.2) is 11.2 Å². The first-order valence-electron chi connectivity index (χ1n) is 6.21. The van der Waals surface area contributed by atoms with Gasteiger partial charge in [-0.1, -0.05) is 24.6 Å². The summed E-state index contributed by atoms with van der Waals surface area (Å²) in [6, 6.07) is 2.32. The predicted octanol–water partition coefficient (Wildman–Crippen LogP) is 2.87. The standard InChI is InChI=1S/C12H20N4S2/c1-17-9-6-4-3-5-8(9)14-11-7-10(13)15-12(16-11)18-2/h7-9H,3-6H2,1-2H3,(H3,13,14,15,16). The van der Waals surface area contributed by atoms with E-state index in [2.05, 4.69) is 21.5 Å². The van der Waals surface area contributed by atoms with Crippen LogP contribution in [-0.4, -0.2) is 33.8 Å². The van der Waals surface area contributed by atoms with Gasteiger partial charge in [0, 0.05) is 17.4 Å². The van der Waals surface area contributed by atoms with Gasteiger partial charge in [-0.25, -0.2) is 9.97 Å². The Kier molecular flexibility index (Phi) is 5.00. The van der Waals surface area contributed by atoms with Gasteiger partial charge in [-0.3, -0.25) is 0 Å². The third kappa shape index (κ3) is 3.45. The van der Waals surface area contributed by atoms with Crippen LogP contribution >= 0.6 is 23.5 Å².